The van der Waals surface area contributed by atoms with E-state index in [0.29, 0.717) is 123 Å². The number of nitrogens with zero attached hydrogens (tertiary/aromatic N) is 30. The van der Waals surface area contributed by atoms with E-state index in [1.165, 1.54) is 108 Å². The second-order valence-electron chi connectivity index (χ2n) is 30.5. The number of aromatic nitrogens is 27. The quantitative estimate of drug-likeness (QED) is 0.0623. The van der Waals surface area contributed by atoms with Crippen LogP contribution < -0.4 is 0 Å². The first kappa shape index (κ1) is 108. The number of pyridine rings is 6. The van der Waals surface area contributed by atoms with E-state index in [2.05, 4.69) is 120 Å². The van der Waals surface area contributed by atoms with Crippen molar-refractivity contribution in [2.24, 2.45) is 0 Å². The molecule has 149 heavy (non-hydrogen) atoms. The van der Waals surface area contributed by atoms with Gasteiger partial charge in [0.2, 0.25) is 16.9 Å². The van der Waals surface area contributed by atoms with Gasteiger partial charge in [0.05, 0.1) is 79.9 Å². The molecule has 0 aliphatic rings. The van der Waals surface area contributed by atoms with E-state index in [0.717, 1.165) is 73.5 Å². The molecule has 0 atom stereocenters. The highest BCUT2D eigenvalue weighted by Gasteiger charge is 2.24. The van der Waals surface area contributed by atoms with Gasteiger partial charge in [0, 0.05) is 143 Å². The summed E-state index contributed by atoms with van der Waals surface area (Å²) < 4.78 is 77.8. The van der Waals surface area contributed by atoms with Crippen molar-refractivity contribution in [2.45, 2.75) is 51.5 Å². The van der Waals surface area contributed by atoms with E-state index in [1.54, 1.807) is 111 Å². The second kappa shape index (κ2) is 48.1. The predicted octanol–water partition coefficient (Wildman–Crippen LogP) is 28.7. The van der Waals surface area contributed by atoms with Crippen molar-refractivity contribution < 1.29 is 22.0 Å². The highest BCUT2D eigenvalue weighted by Crippen LogP contribution is 2.40. The van der Waals surface area contributed by atoms with Gasteiger partial charge in [-0.25, -0.2) is 51.9 Å². The van der Waals surface area contributed by atoms with Crippen LogP contribution in [0.3, 0.4) is 0 Å². The molecule has 40 heteroatoms. The molecule has 18 heterocycles. The molecule has 0 unspecified atom stereocenters. The van der Waals surface area contributed by atoms with Crippen LogP contribution in [0.2, 0.25) is 25.1 Å². The largest absolute Gasteiger partial charge is 0.360 e. The summed E-state index contributed by atoms with van der Waals surface area (Å²) in [4.78, 5) is 61.2. The smallest absolute Gasteiger partial charge is 0.275 e. The molecule has 0 radical (unpaired) electrons. The van der Waals surface area contributed by atoms with Crippen molar-refractivity contribution in [2.75, 3.05) is 0 Å². The third-order valence-corrected chi connectivity index (χ3v) is 22.9. The molecule has 0 aliphatic carbocycles. The highest BCUT2D eigenvalue weighted by molar-refractivity contribution is 6.32. The summed E-state index contributed by atoms with van der Waals surface area (Å²) in [6.45, 7) is 23.3. The molecule has 0 bridgehead atoms. The van der Waals surface area contributed by atoms with Crippen LogP contribution in [0.5, 0.6) is 0 Å². The summed E-state index contributed by atoms with van der Waals surface area (Å²) in [5, 5.41) is 40.6. The van der Waals surface area contributed by atoms with E-state index in [1.807, 2.05) is 146 Å². The number of benzene rings is 6. The first-order valence-corrected chi connectivity index (χ1v) is 44.4. The average Bonchev–Trinajstić information content (AvgIpc) is 1.68. The van der Waals surface area contributed by atoms with Gasteiger partial charge in [-0.2, -0.15) is 0 Å². The van der Waals surface area contributed by atoms with Gasteiger partial charge in [0.15, 0.2) is 16.9 Å². The van der Waals surface area contributed by atoms with Crippen LogP contribution in [-0.4, -0.2) is 133 Å². The van der Waals surface area contributed by atoms with Crippen molar-refractivity contribution in [3.05, 3.63) is 430 Å². The standard InChI is InChI=1S/C18H8ClF2N5.C18H9ClFN5.C18H10ClN5.C17H12FN5.C16H9ClFN5.C16H10ClN5.6CH4/c1-22-17-9-24-16-5-4-15(25-26(16)17)10-3-2-6-23-18(10)11-7-12(19)14(21)8-13(11)20;1-21-17-10-23-16-7-6-15(24-25(16)17)12-3-2-8-22-18(12)13-9-11(19)4-5-14(13)20;1-20-17-11-22-16-8-7-15(23-24(16)17)14-6-3-9-21-18(14)12-4-2-5-13(19)10-12;1-11-9-12(4-5-14(11)18)17-13(3-2-8-19-17)15-6-7-16-20-10-21-23(16)22-15;17-12-8-10(3-4-13(12)18)16-11(2-1-7-19-16)14-5-6-15-20-9-21-23(15)22-14;17-12-4-1-3-11(9-12)16-13(5-2-8-18-16)14-6-7-15-19-10-20-22(15)21-14;;;;;;/h2-9H;2-10H;2-11H;2-10H,1H3;1-9H;1-10H;6*1H4. The van der Waals surface area contributed by atoms with E-state index in [4.69, 9.17) is 77.7 Å². The number of imidazole rings is 3. The Kier molecular flexibility index (Phi) is 34.7. The molecule has 0 amide bonds. The molecule has 0 spiro atoms. The molecule has 30 nitrogen and oxygen atoms in total. The zero-order valence-corrected chi connectivity index (χ0v) is 77.2. The number of halogens is 10. The fraction of sp³-hybridized carbons (Fsp3) is 0.0642. The maximum atomic E-state index is 14.3. The van der Waals surface area contributed by atoms with Crippen LogP contribution in [0.15, 0.2) is 336 Å². The van der Waals surface area contributed by atoms with Gasteiger partial charge in [-0.3, -0.25) is 29.9 Å². The first-order valence-electron chi connectivity index (χ1n) is 42.5. The topological polar surface area (TPSA) is 310 Å². The van der Waals surface area contributed by atoms with Gasteiger partial charge in [0.1, 0.15) is 65.1 Å². The molecule has 6 aromatic carbocycles. The molecule has 0 saturated heterocycles. The van der Waals surface area contributed by atoms with E-state index >= 15 is 0 Å². The Morgan fingerprint density at radius 1 is 0.242 bits per heavy atom. The zero-order chi connectivity index (χ0) is 98.7. The van der Waals surface area contributed by atoms with E-state index in [9.17, 15) is 22.0 Å². The van der Waals surface area contributed by atoms with Crippen molar-refractivity contribution in [3.63, 3.8) is 0 Å². The molecule has 0 aliphatic heterocycles. The minimum atomic E-state index is -0.843. The molecule has 24 aromatic rings. The molecule has 18 aromatic heterocycles. The van der Waals surface area contributed by atoms with E-state index in [-0.39, 0.29) is 77.5 Å². The first-order chi connectivity index (χ1) is 69.8. The molecule has 738 valence electrons. The predicted molar refractivity (Wildman–Crippen MR) is 572 cm³/mol. The molecule has 0 fully saturated rings. The molecular formula is C109H82Cl5F5N30. The summed E-state index contributed by atoms with van der Waals surface area (Å²) >= 11 is 29.9. The lowest BCUT2D eigenvalue weighted by molar-refractivity contribution is 0.585. The SMILES string of the molecule is C.C.C.C.C.C.Cc1cc(-c2ncccc2-c2ccc3ncnn3n2)ccc1F.Clc1cccc(-c2ncccc2-c2ccc3ncnn3n2)c1.Fc1ccc(-c2ncccc2-c2ccc3ncnn3n2)cc1Cl.[C-]#[N+]c1cnc2ccc(-c3cccnc3-c3cc(Cl)c(F)cc3F)nn12.[C-]#[N+]c1cnc2ccc(-c3cccnc3-c3cc(Cl)ccc3F)nn12.[C-]#[N+]c1cnc2ccc(-c3cccnc3-c3cccc(Cl)c3)nn12. The Bertz CT molecular complexity index is 8940. The Labute approximate surface area is 874 Å². The van der Waals surface area contributed by atoms with Crippen LogP contribution in [0, 0.1) is 55.7 Å². The normalized spacial score (nSPS) is 10.4. The number of hydrogen-bond acceptors (Lipinski definition) is 21. The summed E-state index contributed by atoms with van der Waals surface area (Å²) in [5.74, 6) is -1.81. The summed E-state index contributed by atoms with van der Waals surface area (Å²) in [6, 6.07) is 74.8. The third-order valence-electron chi connectivity index (χ3n) is 21.6. The molecule has 24 rings (SSSR count). The number of fused-ring (bicyclic) bond motifs is 6. The van der Waals surface area contributed by atoms with E-state index < -0.39 is 23.3 Å². The minimum absolute atomic E-state index is 0. The van der Waals surface area contributed by atoms with Crippen LogP contribution in [-0.2, 0) is 0 Å². The number of hydrogen-bond donors (Lipinski definition) is 0. The summed E-state index contributed by atoms with van der Waals surface area (Å²) in [6.07, 6.45) is 18.7. The van der Waals surface area contributed by atoms with Gasteiger partial charge in [0.25, 0.3) is 17.5 Å². The maximum Gasteiger partial charge on any atom is 0.275 e. The van der Waals surface area contributed by atoms with Crippen LogP contribution in [0.25, 0.3) is 184 Å². The van der Waals surface area contributed by atoms with Gasteiger partial charge in [-0.15, -0.1) is 58.0 Å². The Morgan fingerprint density at radius 3 is 0.893 bits per heavy atom. The van der Waals surface area contributed by atoms with Gasteiger partial charge >= 0.3 is 0 Å². The van der Waals surface area contributed by atoms with Crippen molar-refractivity contribution in [1.82, 2.24) is 133 Å². The number of aryl methyl sites for hydroxylation is 1. The Hall–Kier alpha value is -18.7. The monoisotopic (exact) mass is 2080 g/mol. The van der Waals surface area contributed by atoms with Crippen LogP contribution in [0.4, 0.5) is 39.4 Å². The lowest BCUT2D eigenvalue weighted by Crippen LogP contribution is -1.98. The fourth-order valence-electron chi connectivity index (χ4n) is 14.9. The minimum Gasteiger partial charge on any atom is -0.360 e. The van der Waals surface area contributed by atoms with Crippen molar-refractivity contribution >= 4 is 109 Å². The van der Waals surface area contributed by atoms with Gasteiger partial charge in [-0.05, 0) is 225 Å². The fourth-order valence-corrected chi connectivity index (χ4v) is 15.8. The highest BCUT2D eigenvalue weighted by atomic mass is 35.5. The van der Waals surface area contributed by atoms with Crippen molar-refractivity contribution in [3.8, 4) is 135 Å². The van der Waals surface area contributed by atoms with Crippen molar-refractivity contribution in [1.29, 1.82) is 0 Å². The third kappa shape index (κ3) is 23.4. The second-order valence-corrected chi connectivity index (χ2v) is 32.6. The Balaban J connectivity index is 0.000000148. The molecule has 0 saturated carbocycles. The van der Waals surface area contributed by atoms with Gasteiger partial charge < -0.3 is 14.5 Å². The van der Waals surface area contributed by atoms with Gasteiger partial charge in [-0.1, -0.05) is 162 Å². The molecular weight excluding hydrogens is 2000 g/mol. The Morgan fingerprint density at radius 2 is 0.544 bits per heavy atom. The molecule has 0 N–H and O–H groups in total. The lowest BCUT2D eigenvalue weighted by Gasteiger charge is -2.09. The zero-order valence-electron chi connectivity index (χ0n) is 73.5. The number of rotatable bonds is 12. The average molecular weight is 2080 g/mol. The lowest BCUT2D eigenvalue weighted by atomic mass is 10.0. The summed E-state index contributed by atoms with van der Waals surface area (Å²) in [5.41, 5.74) is 20.4. The summed E-state index contributed by atoms with van der Waals surface area (Å²) in [7, 11) is 0. The van der Waals surface area contributed by atoms with Crippen LogP contribution in [0.1, 0.15) is 50.1 Å². The van der Waals surface area contributed by atoms with Crippen LogP contribution >= 0.6 is 58.0 Å². The maximum absolute atomic E-state index is 14.3.